The summed E-state index contributed by atoms with van der Waals surface area (Å²) in [5, 5.41) is 9.78. The Kier molecular flexibility index (Phi) is 9.02. The number of hydrogen-bond donors (Lipinski definition) is 1. The number of para-hydroxylation sites is 1. The normalized spacial score (nSPS) is 14.2. The molecular weight excluding hydrogens is 555 g/mol. The van der Waals surface area contributed by atoms with E-state index in [1.807, 2.05) is 78.6 Å². The van der Waals surface area contributed by atoms with E-state index in [0.29, 0.717) is 18.8 Å². The zero-order valence-corrected chi connectivity index (χ0v) is 25.0. The Morgan fingerprint density at radius 3 is 2.46 bits per heavy atom. The zero-order valence-electron chi connectivity index (χ0n) is 23.4. The van der Waals surface area contributed by atoms with E-state index in [2.05, 4.69) is 10.2 Å². The number of anilines is 2. The number of nitrogens with zero attached hydrogens (tertiary/aromatic N) is 4. The summed E-state index contributed by atoms with van der Waals surface area (Å²) in [5.74, 6) is -0.342. The van der Waals surface area contributed by atoms with Gasteiger partial charge in [0.25, 0.3) is 0 Å². The van der Waals surface area contributed by atoms with Crippen LogP contribution in [0.25, 0.3) is 22.3 Å². The van der Waals surface area contributed by atoms with Crippen LogP contribution >= 0.6 is 11.3 Å². The van der Waals surface area contributed by atoms with E-state index in [-0.39, 0.29) is 10.8 Å². The largest absolute Gasteiger partial charge is 0.370 e. The van der Waals surface area contributed by atoms with Gasteiger partial charge in [0, 0.05) is 44.0 Å². The minimum atomic E-state index is -3.68. The maximum atomic E-state index is 13.3. The number of benzene rings is 2. The second-order valence-electron chi connectivity index (χ2n) is 9.83. The zero-order chi connectivity index (χ0) is 28.8. The van der Waals surface area contributed by atoms with Gasteiger partial charge in [-0.25, -0.2) is 13.1 Å². The van der Waals surface area contributed by atoms with Crippen LogP contribution in [0.5, 0.6) is 0 Å². The second kappa shape index (κ2) is 12.8. The molecular formula is C31H35N5O3S2. The number of piperidine rings is 1. The summed E-state index contributed by atoms with van der Waals surface area (Å²) >= 11 is 1.59. The number of rotatable bonds is 10. The molecule has 2 aromatic heterocycles. The maximum Gasteiger partial charge on any atom is 0.248 e. The molecule has 0 saturated carbocycles. The molecule has 1 amide bonds. The van der Waals surface area contributed by atoms with Crippen LogP contribution in [0, 0.1) is 0 Å². The van der Waals surface area contributed by atoms with Crippen molar-refractivity contribution in [3.8, 4) is 16.3 Å². The molecule has 0 radical (unpaired) electrons. The molecule has 1 N–H and O–H groups in total. The van der Waals surface area contributed by atoms with Crippen molar-refractivity contribution in [2.24, 2.45) is 0 Å². The van der Waals surface area contributed by atoms with E-state index in [9.17, 15) is 13.2 Å². The third kappa shape index (κ3) is 6.45. The molecule has 1 fully saturated rings. The first-order valence-electron chi connectivity index (χ1n) is 14.0. The van der Waals surface area contributed by atoms with Crippen molar-refractivity contribution in [2.75, 3.05) is 36.4 Å². The first-order chi connectivity index (χ1) is 19.9. The van der Waals surface area contributed by atoms with Gasteiger partial charge in [0.1, 0.15) is 5.69 Å². The fourth-order valence-electron chi connectivity index (χ4n) is 5.07. The Labute approximate surface area is 246 Å². The molecule has 5 rings (SSSR count). The number of nitrogens with one attached hydrogen (secondary N) is 1. The number of thiophene rings is 1. The summed E-state index contributed by atoms with van der Waals surface area (Å²) in [6.07, 6.45) is 8.43. The Balaban J connectivity index is 1.46. The van der Waals surface area contributed by atoms with Gasteiger partial charge in [0.05, 0.1) is 26.8 Å². The lowest BCUT2D eigenvalue weighted by atomic mass is 10.1. The fraction of sp³-hybridized carbons (Fsp3) is 0.290. The van der Waals surface area contributed by atoms with Gasteiger partial charge >= 0.3 is 0 Å². The molecule has 41 heavy (non-hydrogen) atoms. The van der Waals surface area contributed by atoms with Gasteiger partial charge in [0.15, 0.2) is 0 Å². The number of carbonyl (C=O) groups is 1. The highest BCUT2D eigenvalue weighted by Crippen LogP contribution is 2.33. The standard InChI is InChI=1S/C31H35N5O3S2/c1-3-35(4-2)41(38,39)26-16-17-28(34-19-9-6-10-20-34)27(22-26)32-30(37)18-15-24-23-36(25-12-7-5-8-13-25)33-31(24)29-14-11-21-40-29/h5,7-8,11-18,21-23H,3-4,6,9-10,19-20H2,1-2H3,(H,32,37)/b18-15+. The van der Waals surface area contributed by atoms with Crippen molar-refractivity contribution in [1.82, 2.24) is 14.1 Å². The summed E-state index contributed by atoms with van der Waals surface area (Å²) in [6, 6.07) is 18.9. The number of aromatic nitrogens is 2. The quantitative estimate of drug-likeness (QED) is 0.220. The molecule has 0 atom stereocenters. The van der Waals surface area contributed by atoms with E-state index in [1.54, 1.807) is 29.5 Å². The van der Waals surface area contributed by atoms with Crippen LogP contribution in [0.4, 0.5) is 11.4 Å². The minimum absolute atomic E-state index is 0.172. The lowest BCUT2D eigenvalue weighted by Gasteiger charge is -2.31. The molecule has 1 aliphatic rings. The van der Waals surface area contributed by atoms with Crippen LogP contribution in [-0.2, 0) is 14.8 Å². The smallest absolute Gasteiger partial charge is 0.248 e. The van der Waals surface area contributed by atoms with Gasteiger partial charge in [-0.15, -0.1) is 11.3 Å². The van der Waals surface area contributed by atoms with E-state index in [1.165, 1.54) is 16.8 Å². The molecule has 0 unspecified atom stereocenters. The van der Waals surface area contributed by atoms with Crippen LogP contribution in [0.2, 0.25) is 0 Å². The van der Waals surface area contributed by atoms with Gasteiger partial charge in [0.2, 0.25) is 15.9 Å². The van der Waals surface area contributed by atoms with Crippen molar-refractivity contribution >= 4 is 44.7 Å². The average Bonchev–Trinajstić information content (AvgIpc) is 3.68. The van der Waals surface area contributed by atoms with Gasteiger partial charge in [-0.3, -0.25) is 4.79 Å². The molecule has 0 spiro atoms. The highest BCUT2D eigenvalue weighted by Gasteiger charge is 2.24. The van der Waals surface area contributed by atoms with Crippen molar-refractivity contribution < 1.29 is 13.2 Å². The number of hydrogen-bond acceptors (Lipinski definition) is 6. The fourth-order valence-corrected chi connectivity index (χ4v) is 7.28. The second-order valence-corrected chi connectivity index (χ2v) is 12.7. The van der Waals surface area contributed by atoms with Crippen molar-refractivity contribution in [2.45, 2.75) is 38.0 Å². The third-order valence-electron chi connectivity index (χ3n) is 7.20. The first-order valence-corrected chi connectivity index (χ1v) is 16.3. The monoisotopic (exact) mass is 589 g/mol. The van der Waals surface area contributed by atoms with E-state index in [4.69, 9.17) is 5.10 Å². The Bertz CT molecular complexity index is 1600. The number of sulfonamides is 1. The van der Waals surface area contributed by atoms with Crippen molar-refractivity contribution in [3.63, 3.8) is 0 Å². The number of carbonyl (C=O) groups excluding carboxylic acids is 1. The summed E-state index contributed by atoms with van der Waals surface area (Å²) < 4.78 is 29.8. The molecule has 10 heteroatoms. The van der Waals surface area contributed by atoms with Gasteiger partial charge < -0.3 is 10.2 Å². The topological polar surface area (TPSA) is 87.5 Å². The van der Waals surface area contributed by atoms with E-state index < -0.39 is 10.0 Å². The van der Waals surface area contributed by atoms with Crippen molar-refractivity contribution in [1.29, 1.82) is 0 Å². The lowest BCUT2D eigenvalue weighted by molar-refractivity contribution is -0.111. The average molecular weight is 590 g/mol. The molecule has 2 aromatic carbocycles. The summed E-state index contributed by atoms with van der Waals surface area (Å²) in [4.78, 5) is 16.7. The Morgan fingerprint density at radius 2 is 1.78 bits per heavy atom. The predicted octanol–water partition coefficient (Wildman–Crippen LogP) is 6.27. The highest BCUT2D eigenvalue weighted by molar-refractivity contribution is 7.89. The minimum Gasteiger partial charge on any atom is -0.370 e. The van der Waals surface area contributed by atoms with Gasteiger partial charge in [-0.2, -0.15) is 9.40 Å². The van der Waals surface area contributed by atoms with Crippen LogP contribution in [0.1, 0.15) is 38.7 Å². The van der Waals surface area contributed by atoms with E-state index >= 15 is 0 Å². The predicted molar refractivity (Wildman–Crippen MR) is 167 cm³/mol. The molecule has 1 aliphatic heterocycles. The van der Waals surface area contributed by atoms with Gasteiger partial charge in [-0.05, 0) is 67.1 Å². The van der Waals surface area contributed by atoms with Crippen LogP contribution in [0.15, 0.2) is 83.2 Å². The van der Waals surface area contributed by atoms with Gasteiger partial charge in [-0.1, -0.05) is 38.1 Å². The molecule has 3 heterocycles. The Morgan fingerprint density at radius 1 is 1.02 bits per heavy atom. The SMILES string of the molecule is CCN(CC)S(=O)(=O)c1ccc(N2CCCCC2)c(NC(=O)/C=C/c2cn(-c3ccccc3)nc2-c2cccs2)c1. The molecule has 0 bridgehead atoms. The maximum absolute atomic E-state index is 13.3. The van der Waals surface area contributed by atoms with Crippen LogP contribution < -0.4 is 10.2 Å². The summed E-state index contributed by atoms with van der Waals surface area (Å²) in [6.45, 7) is 6.12. The summed E-state index contributed by atoms with van der Waals surface area (Å²) in [5.41, 5.74) is 3.84. The molecule has 4 aromatic rings. The van der Waals surface area contributed by atoms with Crippen molar-refractivity contribution in [3.05, 3.63) is 83.9 Å². The molecule has 0 aliphatic carbocycles. The van der Waals surface area contributed by atoms with E-state index in [0.717, 1.165) is 53.4 Å². The van der Waals surface area contributed by atoms with Crippen LogP contribution in [0.3, 0.4) is 0 Å². The van der Waals surface area contributed by atoms with Crippen LogP contribution in [-0.4, -0.2) is 54.6 Å². The molecule has 8 nitrogen and oxygen atoms in total. The Hall–Kier alpha value is -3.73. The molecule has 1 saturated heterocycles. The third-order valence-corrected chi connectivity index (χ3v) is 10.1. The summed E-state index contributed by atoms with van der Waals surface area (Å²) in [7, 11) is -3.68. The first kappa shape index (κ1) is 28.8. The lowest BCUT2D eigenvalue weighted by Crippen LogP contribution is -2.32. The molecule has 214 valence electrons. The highest BCUT2D eigenvalue weighted by atomic mass is 32.2. The number of amides is 1.